The number of H-pyrrole nitrogens is 1. The number of rotatable bonds is 10. The van der Waals surface area contributed by atoms with Crippen molar-refractivity contribution in [2.45, 2.75) is 99.0 Å². The van der Waals surface area contributed by atoms with Gasteiger partial charge in [0.2, 0.25) is 0 Å². The molecular weight excluding hydrogens is 779 g/mol. The van der Waals surface area contributed by atoms with Crippen molar-refractivity contribution in [2.75, 3.05) is 77.4 Å². The number of para-hydroxylation sites is 1. The van der Waals surface area contributed by atoms with E-state index in [9.17, 15) is 20.1 Å². The maximum absolute atomic E-state index is 15.3. The molecule has 10 atom stereocenters. The number of benzene rings is 2. The number of aliphatic hydroxyl groups is 3. The smallest absolute Gasteiger partial charge is 0.322 e. The quantitative estimate of drug-likeness (QED) is 0.114. The highest BCUT2D eigenvalue weighted by Gasteiger charge is 2.78. The fraction of sp³-hybridized carbons (Fsp3) is 0.617. The number of aromatic amines is 1. The molecule has 6 aliphatic rings. The van der Waals surface area contributed by atoms with Gasteiger partial charge in [0, 0.05) is 90.6 Å². The molecule has 1 spiro atoms. The molecule has 2 aromatic carbocycles. The monoisotopic (exact) mass is 841 g/mol. The minimum atomic E-state index is -2.19. The van der Waals surface area contributed by atoms with Gasteiger partial charge in [-0.15, -0.1) is 0 Å². The summed E-state index contributed by atoms with van der Waals surface area (Å²) in [4.78, 5) is 40.7. The van der Waals surface area contributed by atoms with Crippen LogP contribution in [0, 0.1) is 11.3 Å². The molecule has 0 radical (unpaired) electrons. The molecular formula is C47H63N5O7S. The number of nitrogens with zero attached hydrogens (tertiary/aromatic N) is 3. The largest absolute Gasteiger partial charge is 0.496 e. The lowest BCUT2D eigenvalue weighted by molar-refractivity contribution is -0.203. The van der Waals surface area contributed by atoms with Crippen LogP contribution in [-0.4, -0.2) is 144 Å². The van der Waals surface area contributed by atoms with Gasteiger partial charge in [-0.25, -0.2) is 0 Å². The third kappa shape index (κ3) is 5.60. The molecule has 2 bridgehead atoms. The number of amides is 1. The van der Waals surface area contributed by atoms with E-state index in [0.29, 0.717) is 76.0 Å². The first-order chi connectivity index (χ1) is 28.8. The molecule has 60 heavy (non-hydrogen) atoms. The Bertz CT molecular complexity index is 2210. The van der Waals surface area contributed by atoms with Gasteiger partial charge in [-0.05, 0) is 92.7 Å². The summed E-state index contributed by atoms with van der Waals surface area (Å²) in [6.45, 7) is 7.90. The van der Waals surface area contributed by atoms with Crippen molar-refractivity contribution >= 4 is 40.2 Å². The predicted octanol–water partition coefficient (Wildman–Crippen LogP) is 4.12. The van der Waals surface area contributed by atoms with Crippen LogP contribution in [-0.2, 0) is 31.6 Å². The lowest BCUT2D eigenvalue weighted by atomic mass is 9.47. The number of ether oxygens (including phenoxy) is 2. The fourth-order valence-electron chi connectivity index (χ4n) is 13.6. The molecule has 3 fully saturated rings. The van der Waals surface area contributed by atoms with Gasteiger partial charge in [0.15, 0.2) is 5.60 Å². The first-order valence-electron chi connectivity index (χ1n) is 22.0. The average Bonchev–Trinajstić information content (AvgIpc) is 3.92. The van der Waals surface area contributed by atoms with Crippen LogP contribution >= 0.6 is 11.8 Å². The van der Waals surface area contributed by atoms with Crippen LogP contribution in [0.3, 0.4) is 0 Å². The standard InChI is InChI=1S/C47H63N5O7S/c1-7-43(56)25-29-26-46(42(55)59-5,37-31(15-20-51(27-29)28-43)30-13-9-10-14-34(30)49-37)33-23-32-35(24-36(33)58-4)50(3)39-45(32)17-21-52-19-11-16-44(8-2,38(45)52)40(53)47(39,57)41(54)48-18-12-22-60-6/h9-11,13-14,16,23-24,29,38-40,49,53,56-57H,7-8,12,15,17-22,25-28H2,1-6H3,(H,48,54)/t29-,38+,39-,40-,43+,44-,45-,46+,47+/m1/s1. The Hall–Kier alpha value is -3.59. The third-order valence-corrected chi connectivity index (χ3v) is 16.7. The first-order valence-corrected chi connectivity index (χ1v) is 23.4. The van der Waals surface area contributed by atoms with Gasteiger partial charge in [-0.2, -0.15) is 11.8 Å². The number of anilines is 1. The zero-order valence-corrected chi connectivity index (χ0v) is 36.9. The van der Waals surface area contributed by atoms with E-state index in [0.717, 1.165) is 58.7 Å². The first kappa shape index (κ1) is 41.7. The van der Waals surface area contributed by atoms with Crippen molar-refractivity contribution in [3.05, 3.63) is 70.9 Å². The molecule has 13 heteroatoms. The fourth-order valence-corrected chi connectivity index (χ4v) is 14.0. The number of aromatic nitrogens is 1. The summed E-state index contributed by atoms with van der Waals surface area (Å²) in [5.74, 6) is 0.303. The van der Waals surface area contributed by atoms with Crippen molar-refractivity contribution in [2.24, 2.45) is 11.3 Å². The van der Waals surface area contributed by atoms with Crippen molar-refractivity contribution in [3.63, 3.8) is 0 Å². The molecule has 9 rings (SSSR count). The second-order valence-corrected chi connectivity index (χ2v) is 19.7. The molecule has 324 valence electrons. The number of esters is 1. The van der Waals surface area contributed by atoms with Crippen LogP contribution in [0.25, 0.3) is 10.9 Å². The number of piperidine rings is 1. The minimum absolute atomic E-state index is 0.0744. The number of aliphatic hydroxyl groups excluding tert-OH is 1. The second-order valence-electron chi connectivity index (χ2n) is 18.7. The van der Waals surface area contributed by atoms with Crippen LogP contribution in [0.2, 0.25) is 0 Å². The van der Waals surface area contributed by atoms with Gasteiger partial charge in [-0.3, -0.25) is 19.4 Å². The van der Waals surface area contributed by atoms with Crippen molar-refractivity contribution in [1.82, 2.24) is 20.1 Å². The van der Waals surface area contributed by atoms with Crippen molar-refractivity contribution in [1.29, 1.82) is 0 Å². The van der Waals surface area contributed by atoms with Gasteiger partial charge < -0.3 is 40.0 Å². The van der Waals surface area contributed by atoms with Crippen LogP contribution in [0.5, 0.6) is 5.75 Å². The number of methoxy groups -OCH3 is 2. The topological polar surface area (TPSA) is 151 Å². The number of nitrogens with one attached hydrogen (secondary N) is 2. The Morgan fingerprint density at radius 1 is 1.05 bits per heavy atom. The Kier molecular flexibility index (Phi) is 10.5. The number of hydrogen-bond acceptors (Lipinski definition) is 11. The second kappa shape index (κ2) is 15.0. The van der Waals surface area contributed by atoms with E-state index in [1.165, 1.54) is 7.11 Å². The van der Waals surface area contributed by atoms with Gasteiger partial charge in [0.25, 0.3) is 5.91 Å². The van der Waals surface area contributed by atoms with E-state index in [1.807, 2.05) is 50.2 Å². The van der Waals surface area contributed by atoms with Crippen LogP contribution in [0.4, 0.5) is 5.69 Å². The number of thioether (sulfide) groups is 1. The van der Waals surface area contributed by atoms with E-state index in [2.05, 4.69) is 50.5 Å². The lowest BCUT2D eigenvalue weighted by Crippen LogP contribution is -2.81. The van der Waals surface area contributed by atoms with E-state index in [-0.39, 0.29) is 12.0 Å². The predicted molar refractivity (Wildman–Crippen MR) is 235 cm³/mol. The summed E-state index contributed by atoms with van der Waals surface area (Å²) in [6, 6.07) is 11.3. The van der Waals surface area contributed by atoms with Crippen molar-refractivity contribution < 1.29 is 34.4 Å². The summed E-state index contributed by atoms with van der Waals surface area (Å²) in [5, 5.41) is 42.2. The van der Waals surface area contributed by atoms with Crippen LogP contribution in [0.1, 0.15) is 74.8 Å². The van der Waals surface area contributed by atoms with Gasteiger partial charge in [-0.1, -0.05) is 44.2 Å². The summed E-state index contributed by atoms with van der Waals surface area (Å²) in [7, 11) is 5.00. The van der Waals surface area contributed by atoms with Gasteiger partial charge in [0.05, 0.1) is 25.9 Å². The van der Waals surface area contributed by atoms with E-state index < -0.39 is 51.5 Å². The highest BCUT2D eigenvalue weighted by atomic mass is 32.2. The molecule has 1 aliphatic carbocycles. The summed E-state index contributed by atoms with van der Waals surface area (Å²) < 4.78 is 12.4. The summed E-state index contributed by atoms with van der Waals surface area (Å²) >= 11 is 1.70. The van der Waals surface area contributed by atoms with Crippen molar-refractivity contribution in [3.8, 4) is 5.75 Å². The Labute approximate surface area is 358 Å². The van der Waals surface area contributed by atoms with E-state index in [4.69, 9.17) is 9.47 Å². The zero-order chi connectivity index (χ0) is 42.4. The molecule has 12 nitrogen and oxygen atoms in total. The molecule has 5 N–H and O–H groups in total. The van der Waals surface area contributed by atoms with Crippen LogP contribution < -0.4 is 15.0 Å². The molecule has 1 aromatic heterocycles. The van der Waals surface area contributed by atoms with Gasteiger partial charge >= 0.3 is 5.97 Å². The maximum Gasteiger partial charge on any atom is 0.322 e. The highest BCUT2D eigenvalue weighted by molar-refractivity contribution is 7.98. The molecule has 1 unspecified atom stereocenters. The Morgan fingerprint density at radius 2 is 1.85 bits per heavy atom. The molecule has 1 amide bonds. The van der Waals surface area contributed by atoms with Crippen LogP contribution in [0.15, 0.2) is 48.6 Å². The zero-order valence-electron chi connectivity index (χ0n) is 36.1. The minimum Gasteiger partial charge on any atom is -0.496 e. The number of likely N-dealkylation sites (N-methyl/N-ethyl adjacent to an activating group) is 1. The summed E-state index contributed by atoms with van der Waals surface area (Å²) in [5.41, 5.74) is -1.12. The maximum atomic E-state index is 15.3. The SMILES string of the molecule is CC[C@]1(O)C[C@H]2CN(CCc3c([nH]c4ccccc34)[C@@](C(=O)OC)(c3cc4c(cc3OC)N(C)[C@H]3[C@@](O)(C(=O)NCCCSC)[C@H](O)[C@]5(CC)C=CCN6CC[C@]43[C@@H]65)C2)C1. The third-order valence-electron chi connectivity index (χ3n) is 16.0. The number of hydrogen-bond donors (Lipinski definition) is 5. The van der Waals surface area contributed by atoms with Gasteiger partial charge in [0.1, 0.15) is 17.3 Å². The Morgan fingerprint density at radius 3 is 2.58 bits per heavy atom. The molecule has 2 saturated heterocycles. The molecule has 6 heterocycles. The summed E-state index contributed by atoms with van der Waals surface area (Å²) in [6.07, 6.45) is 8.82. The average molecular weight is 842 g/mol. The Balaban J connectivity index is 1.32. The highest BCUT2D eigenvalue weighted by Crippen LogP contribution is 2.67. The number of fused-ring (bicyclic) bond motifs is 6. The normalized spacial score (nSPS) is 36.7. The lowest BCUT2D eigenvalue weighted by Gasteiger charge is -2.63. The van der Waals surface area contributed by atoms with E-state index >= 15 is 4.79 Å². The number of carbonyl (C=O) groups is 2. The van der Waals surface area contributed by atoms with E-state index in [1.54, 1.807) is 18.9 Å². The molecule has 1 saturated carbocycles. The molecule has 3 aromatic rings. The number of carbonyl (C=O) groups excluding carboxylic acids is 2. The molecule has 5 aliphatic heterocycles.